The van der Waals surface area contributed by atoms with Crippen LogP contribution in [0.15, 0.2) is 24.3 Å². The zero-order valence-electron chi connectivity index (χ0n) is 12.2. The summed E-state index contributed by atoms with van der Waals surface area (Å²) in [5.41, 5.74) is 0.379. The average Bonchev–Trinajstić information content (AvgIpc) is 2.53. The van der Waals surface area contributed by atoms with E-state index in [4.69, 9.17) is 9.84 Å². The summed E-state index contributed by atoms with van der Waals surface area (Å²) in [4.78, 5) is 22.9. The largest absolute Gasteiger partial charge is 0.478 e. The Labute approximate surface area is 124 Å². The molecule has 1 aromatic carbocycles. The third-order valence-corrected chi connectivity index (χ3v) is 4.16. The van der Waals surface area contributed by atoms with Crippen LogP contribution < -0.4 is 5.32 Å². The topological polar surface area (TPSA) is 75.6 Å². The van der Waals surface area contributed by atoms with Crippen LogP contribution in [0.5, 0.6) is 0 Å². The number of carboxylic acids is 1. The Hall–Kier alpha value is -1.88. The van der Waals surface area contributed by atoms with E-state index in [0.717, 1.165) is 25.7 Å². The Bertz CT molecular complexity index is 504. The average molecular weight is 291 g/mol. The first-order valence-electron chi connectivity index (χ1n) is 7.23. The van der Waals surface area contributed by atoms with Gasteiger partial charge >= 0.3 is 5.97 Å². The first-order valence-corrected chi connectivity index (χ1v) is 7.23. The highest BCUT2D eigenvalue weighted by molar-refractivity contribution is 5.95. The molecule has 2 rings (SSSR count). The van der Waals surface area contributed by atoms with Crippen molar-refractivity contribution in [1.29, 1.82) is 0 Å². The number of benzene rings is 1. The molecule has 1 amide bonds. The zero-order valence-corrected chi connectivity index (χ0v) is 12.2. The van der Waals surface area contributed by atoms with Gasteiger partial charge < -0.3 is 15.2 Å². The fourth-order valence-electron chi connectivity index (χ4n) is 2.76. The van der Waals surface area contributed by atoms with Gasteiger partial charge in [0.05, 0.1) is 11.2 Å². The van der Waals surface area contributed by atoms with E-state index in [1.165, 1.54) is 30.7 Å². The summed E-state index contributed by atoms with van der Waals surface area (Å²) >= 11 is 0. The van der Waals surface area contributed by atoms with Crippen molar-refractivity contribution in [3.05, 3.63) is 35.4 Å². The van der Waals surface area contributed by atoms with Gasteiger partial charge in [0.25, 0.3) is 5.91 Å². The van der Waals surface area contributed by atoms with E-state index in [1.54, 1.807) is 7.11 Å². The molecule has 0 aromatic heterocycles. The molecule has 0 radical (unpaired) electrons. The first kappa shape index (κ1) is 15.5. The van der Waals surface area contributed by atoms with Crippen molar-refractivity contribution in [3.63, 3.8) is 0 Å². The van der Waals surface area contributed by atoms with Crippen molar-refractivity contribution >= 4 is 11.9 Å². The number of nitrogens with one attached hydrogen (secondary N) is 1. The van der Waals surface area contributed by atoms with Gasteiger partial charge in [-0.25, -0.2) is 4.79 Å². The summed E-state index contributed by atoms with van der Waals surface area (Å²) in [5.74, 6) is -1.20. The molecule has 1 fully saturated rings. The van der Waals surface area contributed by atoms with E-state index in [-0.39, 0.29) is 17.1 Å². The molecular formula is C16H21NO4. The van der Waals surface area contributed by atoms with Gasteiger partial charge in [-0.15, -0.1) is 0 Å². The van der Waals surface area contributed by atoms with Crippen LogP contribution >= 0.6 is 0 Å². The molecule has 1 saturated carbocycles. The predicted molar refractivity (Wildman–Crippen MR) is 78.6 cm³/mol. The van der Waals surface area contributed by atoms with Crippen LogP contribution in [-0.4, -0.2) is 36.2 Å². The van der Waals surface area contributed by atoms with Gasteiger partial charge in [0.1, 0.15) is 0 Å². The van der Waals surface area contributed by atoms with Gasteiger partial charge in [0.15, 0.2) is 0 Å². The standard InChI is InChI=1S/C16H21NO4/c1-21-16(9-3-2-4-10-16)11-17-14(18)12-5-7-13(8-6-12)15(19)20/h5-8H,2-4,9-11H2,1H3,(H,17,18)(H,19,20). The first-order chi connectivity index (χ1) is 10.1. The Balaban J connectivity index is 1.96. The second-order valence-corrected chi connectivity index (χ2v) is 5.51. The molecule has 0 atom stereocenters. The third-order valence-electron chi connectivity index (χ3n) is 4.16. The van der Waals surface area contributed by atoms with Gasteiger partial charge in [0.2, 0.25) is 0 Å². The van der Waals surface area contributed by atoms with Gasteiger partial charge in [-0.3, -0.25) is 4.79 Å². The third kappa shape index (κ3) is 3.82. The molecule has 2 N–H and O–H groups in total. The molecule has 0 heterocycles. The molecule has 0 aliphatic heterocycles. The maximum atomic E-state index is 12.1. The number of ether oxygens (including phenoxy) is 1. The summed E-state index contributed by atoms with van der Waals surface area (Å²) in [7, 11) is 1.69. The van der Waals surface area contributed by atoms with Crippen LogP contribution in [0.1, 0.15) is 52.8 Å². The van der Waals surface area contributed by atoms with E-state index in [0.29, 0.717) is 12.1 Å². The second kappa shape index (κ2) is 6.72. The molecular weight excluding hydrogens is 270 g/mol. The normalized spacial score (nSPS) is 17.2. The molecule has 0 saturated heterocycles. The highest BCUT2D eigenvalue weighted by atomic mass is 16.5. The highest BCUT2D eigenvalue weighted by Crippen LogP contribution is 2.30. The summed E-state index contributed by atoms with van der Waals surface area (Å²) in [6.07, 6.45) is 5.38. The lowest BCUT2D eigenvalue weighted by Gasteiger charge is -2.36. The number of hydrogen-bond acceptors (Lipinski definition) is 3. The maximum absolute atomic E-state index is 12.1. The second-order valence-electron chi connectivity index (χ2n) is 5.51. The molecule has 1 aromatic rings. The van der Waals surface area contributed by atoms with Crippen LogP contribution in [0.25, 0.3) is 0 Å². The van der Waals surface area contributed by atoms with E-state index < -0.39 is 5.97 Å². The Morgan fingerprint density at radius 1 is 1.14 bits per heavy atom. The minimum atomic E-state index is -0.998. The smallest absolute Gasteiger partial charge is 0.335 e. The maximum Gasteiger partial charge on any atom is 0.335 e. The minimum absolute atomic E-state index is 0.173. The van der Waals surface area contributed by atoms with Crippen molar-refractivity contribution in [2.75, 3.05) is 13.7 Å². The quantitative estimate of drug-likeness (QED) is 0.873. The van der Waals surface area contributed by atoms with Gasteiger partial charge in [-0.05, 0) is 37.1 Å². The van der Waals surface area contributed by atoms with Crippen molar-refractivity contribution in [1.82, 2.24) is 5.32 Å². The number of amides is 1. The summed E-state index contributed by atoms with van der Waals surface area (Å²) < 4.78 is 5.62. The SMILES string of the molecule is COC1(CNC(=O)c2ccc(C(=O)O)cc2)CCCCC1. The predicted octanol–water partition coefficient (Wildman–Crippen LogP) is 2.46. The Morgan fingerprint density at radius 2 is 1.71 bits per heavy atom. The summed E-state index contributed by atoms with van der Waals surface area (Å²) in [5, 5.41) is 11.7. The van der Waals surface area contributed by atoms with Crippen LogP contribution in [0, 0.1) is 0 Å². The number of carbonyl (C=O) groups is 2. The summed E-state index contributed by atoms with van der Waals surface area (Å²) in [6.45, 7) is 0.489. The lowest BCUT2D eigenvalue weighted by molar-refractivity contribution is -0.0363. The Kier molecular flexibility index (Phi) is 4.96. The number of methoxy groups -OCH3 is 1. The number of aromatic carboxylic acids is 1. The van der Waals surface area contributed by atoms with Crippen LogP contribution in [0.4, 0.5) is 0 Å². The molecule has 1 aliphatic rings. The lowest BCUT2D eigenvalue weighted by Crippen LogP contribution is -2.45. The van der Waals surface area contributed by atoms with Gasteiger partial charge in [-0.1, -0.05) is 19.3 Å². The van der Waals surface area contributed by atoms with Gasteiger partial charge in [0, 0.05) is 19.2 Å². The molecule has 0 spiro atoms. The minimum Gasteiger partial charge on any atom is -0.478 e. The lowest BCUT2D eigenvalue weighted by atomic mass is 9.84. The molecule has 5 heteroatoms. The Morgan fingerprint density at radius 3 is 2.24 bits per heavy atom. The number of carbonyl (C=O) groups excluding carboxylic acids is 1. The van der Waals surface area contributed by atoms with Crippen LogP contribution in [0.3, 0.4) is 0 Å². The van der Waals surface area contributed by atoms with E-state index in [2.05, 4.69) is 5.32 Å². The van der Waals surface area contributed by atoms with Gasteiger partial charge in [-0.2, -0.15) is 0 Å². The molecule has 0 bridgehead atoms. The number of rotatable bonds is 5. The fourth-order valence-corrected chi connectivity index (χ4v) is 2.76. The molecule has 114 valence electrons. The number of carboxylic acid groups (broad SMARTS) is 1. The number of hydrogen-bond donors (Lipinski definition) is 2. The molecule has 5 nitrogen and oxygen atoms in total. The van der Waals surface area contributed by atoms with Crippen molar-refractivity contribution < 1.29 is 19.4 Å². The molecule has 21 heavy (non-hydrogen) atoms. The zero-order chi connectivity index (χ0) is 15.3. The van der Waals surface area contributed by atoms with E-state index in [1.807, 2.05) is 0 Å². The van der Waals surface area contributed by atoms with Crippen molar-refractivity contribution in [2.24, 2.45) is 0 Å². The summed E-state index contributed by atoms with van der Waals surface area (Å²) in [6, 6.07) is 5.92. The van der Waals surface area contributed by atoms with Crippen molar-refractivity contribution in [3.8, 4) is 0 Å². The van der Waals surface area contributed by atoms with Crippen molar-refractivity contribution in [2.45, 2.75) is 37.7 Å². The van der Waals surface area contributed by atoms with Crippen LogP contribution in [-0.2, 0) is 4.74 Å². The fraction of sp³-hybridized carbons (Fsp3) is 0.500. The molecule has 0 unspecified atom stereocenters. The highest BCUT2D eigenvalue weighted by Gasteiger charge is 2.32. The van der Waals surface area contributed by atoms with E-state index in [9.17, 15) is 9.59 Å². The monoisotopic (exact) mass is 291 g/mol. The molecule has 1 aliphatic carbocycles. The van der Waals surface area contributed by atoms with E-state index >= 15 is 0 Å². The van der Waals surface area contributed by atoms with Crippen LogP contribution in [0.2, 0.25) is 0 Å².